The minimum absolute atomic E-state index is 0.209. The first-order valence-electron chi connectivity index (χ1n) is 4.78. The summed E-state index contributed by atoms with van der Waals surface area (Å²) >= 11 is 0. The fraction of sp³-hybridized carbons (Fsp3) is 0.364. The number of benzene rings is 1. The molecule has 0 heterocycles. The van der Waals surface area contributed by atoms with Crippen molar-refractivity contribution in [1.29, 1.82) is 0 Å². The first-order chi connectivity index (χ1) is 7.17. The molecule has 0 spiro atoms. The molecule has 0 fully saturated rings. The Hall–Kier alpha value is -1.55. The summed E-state index contributed by atoms with van der Waals surface area (Å²) in [5, 5.41) is 3.01. The third-order valence-electron chi connectivity index (χ3n) is 2.11. The monoisotopic (exact) mass is 208 g/mol. The van der Waals surface area contributed by atoms with Crippen molar-refractivity contribution in [3.05, 3.63) is 29.8 Å². The second-order valence-corrected chi connectivity index (χ2v) is 3.32. The zero-order valence-corrected chi connectivity index (χ0v) is 8.99. The molecule has 0 amide bonds. The molecule has 0 aromatic heterocycles. The van der Waals surface area contributed by atoms with Crippen LogP contribution in [0.25, 0.3) is 0 Å². The number of ether oxygens (including phenoxy) is 1. The number of aryl methyl sites for hydroxylation is 1. The molecule has 4 nitrogen and oxygen atoms in total. The van der Waals surface area contributed by atoms with Crippen LogP contribution in [0.15, 0.2) is 24.3 Å². The van der Waals surface area contributed by atoms with E-state index in [1.165, 1.54) is 12.7 Å². The van der Waals surface area contributed by atoms with E-state index in [9.17, 15) is 4.79 Å². The van der Waals surface area contributed by atoms with Crippen molar-refractivity contribution in [2.24, 2.45) is 5.73 Å². The van der Waals surface area contributed by atoms with Crippen LogP contribution >= 0.6 is 0 Å². The predicted molar refractivity (Wildman–Crippen MR) is 59.7 cm³/mol. The molecule has 0 aliphatic heterocycles. The van der Waals surface area contributed by atoms with E-state index in [-0.39, 0.29) is 12.5 Å². The lowest BCUT2D eigenvalue weighted by Gasteiger charge is -2.15. The van der Waals surface area contributed by atoms with Gasteiger partial charge in [0.15, 0.2) is 0 Å². The zero-order valence-electron chi connectivity index (χ0n) is 8.99. The number of hydrogen-bond acceptors (Lipinski definition) is 4. The van der Waals surface area contributed by atoms with Gasteiger partial charge >= 0.3 is 5.97 Å². The maximum absolute atomic E-state index is 11.2. The van der Waals surface area contributed by atoms with E-state index in [0.717, 1.165) is 5.69 Å². The van der Waals surface area contributed by atoms with Gasteiger partial charge in [0.05, 0.1) is 7.11 Å². The summed E-state index contributed by atoms with van der Waals surface area (Å²) in [6.07, 6.45) is 0. The van der Waals surface area contributed by atoms with Gasteiger partial charge in [0.2, 0.25) is 0 Å². The Bertz CT molecular complexity index is 322. The van der Waals surface area contributed by atoms with Crippen LogP contribution in [0.2, 0.25) is 0 Å². The minimum Gasteiger partial charge on any atom is -0.467 e. The second kappa shape index (κ2) is 5.36. The number of nitrogens with two attached hydrogens (primary N) is 1. The molecule has 0 saturated heterocycles. The van der Waals surface area contributed by atoms with Crippen LogP contribution in [0.5, 0.6) is 0 Å². The van der Waals surface area contributed by atoms with Gasteiger partial charge < -0.3 is 15.8 Å². The van der Waals surface area contributed by atoms with Gasteiger partial charge in [-0.05, 0) is 19.1 Å². The molecule has 4 heteroatoms. The number of carbonyl (C=O) groups excluding carboxylic acids is 1. The van der Waals surface area contributed by atoms with Crippen molar-refractivity contribution in [1.82, 2.24) is 0 Å². The molecular weight excluding hydrogens is 192 g/mol. The average molecular weight is 208 g/mol. The zero-order chi connectivity index (χ0) is 11.3. The van der Waals surface area contributed by atoms with Crippen LogP contribution < -0.4 is 11.1 Å². The predicted octanol–water partition coefficient (Wildman–Crippen LogP) is 0.907. The van der Waals surface area contributed by atoms with Gasteiger partial charge in [-0.15, -0.1) is 0 Å². The number of carbonyl (C=O) groups is 1. The van der Waals surface area contributed by atoms with Gasteiger partial charge in [-0.25, -0.2) is 4.79 Å². The molecule has 1 atom stereocenters. The number of esters is 1. The normalized spacial score (nSPS) is 11.9. The summed E-state index contributed by atoms with van der Waals surface area (Å²) in [4.78, 5) is 11.2. The summed E-state index contributed by atoms with van der Waals surface area (Å²) in [7, 11) is 1.35. The number of nitrogens with one attached hydrogen (secondary N) is 1. The molecule has 15 heavy (non-hydrogen) atoms. The third kappa shape index (κ3) is 3.25. The fourth-order valence-electron chi connectivity index (χ4n) is 1.21. The summed E-state index contributed by atoms with van der Waals surface area (Å²) in [6.45, 7) is 2.21. The van der Waals surface area contributed by atoms with Crippen LogP contribution in [0.3, 0.4) is 0 Å². The summed E-state index contributed by atoms with van der Waals surface area (Å²) < 4.78 is 4.62. The van der Waals surface area contributed by atoms with E-state index in [1.54, 1.807) is 0 Å². The van der Waals surface area contributed by atoms with E-state index in [2.05, 4.69) is 10.1 Å². The van der Waals surface area contributed by atoms with Crippen LogP contribution in [0.4, 0.5) is 5.69 Å². The molecule has 0 saturated carbocycles. The van der Waals surface area contributed by atoms with Crippen molar-refractivity contribution in [2.45, 2.75) is 13.0 Å². The van der Waals surface area contributed by atoms with Crippen molar-refractivity contribution in [3.8, 4) is 0 Å². The standard InChI is InChI=1S/C11H16N2O2/c1-8-3-5-9(6-4-8)13-10(7-12)11(14)15-2/h3-6,10,13H,7,12H2,1-2H3. The smallest absolute Gasteiger partial charge is 0.329 e. The van der Waals surface area contributed by atoms with Gasteiger partial charge in [0, 0.05) is 12.2 Å². The topological polar surface area (TPSA) is 64.3 Å². The molecule has 0 bridgehead atoms. The summed E-state index contributed by atoms with van der Waals surface area (Å²) in [6, 6.07) is 7.25. The maximum atomic E-state index is 11.2. The minimum atomic E-state index is -0.488. The lowest BCUT2D eigenvalue weighted by atomic mass is 10.2. The third-order valence-corrected chi connectivity index (χ3v) is 2.11. The van der Waals surface area contributed by atoms with Crippen LogP contribution in [0.1, 0.15) is 5.56 Å². The maximum Gasteiger partial charge on any atom is 0.329 e. The molecule has 0 radical (unpaired) electrons. The van der Waals surface area contributed by atoms with Gasteiger partial charge in [0.1, 0.15) is 6.04 Å². The highest BCUT2D eigenvalue weighted by Crippen LogP contribution is 2.10. The summed E-state index contributed by atoms with van der Waals surface area (Å²) in [5.74, 6) is -0.349. The number of methoxy groups -OCH3 is 1. The molecule has 0 aliphatic rings. The quantitative estimate of drug-likeness (QED) is 0.722. The second-order valence-electron chi connectivity index (χ2n) is 3.32. The molecule has 1 aromatic carbocycles. The highest BCUT2D eigenvalue weighted by atomic mass is 16.5. The van der Waals surface area contributed by atoms with Crippen molar-refractivity contribution in [3.63, 3.8) is 0 Å². The summed E-state index contributed by atoms with van der Waals surface area (Å²) in [5.41, 5.74) is 7.50. The largest absolute Gasteiger partial charge is 0.467 e. The number of rotatable bonds is 4. The van der Waals surface area contributed by atoms with Crippen LogP contribution in [-0.4, -0.2) is 25.7 Å². The number of hydrogen-bond donors (Lipinski definition) is 2. The highest BCUT2D eigenvalue weighted by molar-refractivity contribution is 5.79. The first-order valence-corrected chi connectivity index (χ1v) is 4.78. The van der Waals surface area contributed by atoms with E-state index >= 15 is 0 Å². The first kappa shape index (κ1) is 11.5. The fourth-order valence-corrected chi connectivity index (χ4v) is 1.21. The Balaban J connectivity index is 2.66. The van der Waals surface area contributed by atoms with E-state index < -0.39 is 6.04 Å². The van der Waals surface area contributed by atoms with Crippen molar-refractivity contribution in [2.75, 3.05) is 19.0 Å². The average Bonchev–Trinajstić information content (AvgIpc) is 2.27. The van der Waals surface area contributed by atoms with Crippen molar-refractivity contribution >= 4 is 11.7 Å². The molecule has 1 aromatic rings. The molecule has 3 N–H and O–H groups in total. The Morgan fingerprint density at radius 2 is 2.07 bits per heavy atom. The highest BCUT2D eigenvalue weighted by Gasteiger charge is 2.16. The van der Waals surface area contributed by atoms with Crippen molar-refractivity contribution < 1.29 is 9.53 Å². The van der Waals surface area contributed by atoms with Crippen LogP contribution in [-0.2, 0) is 9.53 Å². The molecule has 1 rings (SSSR count). The van der Waals surface area contributed by atoms with Crippen LogP contribution in [0, 0.1) is 6.92 Å². The Morgan fingerprint density at radius 1 is 1.47 bits per heavy atom. The Labute approximate surface area is 89.4 Å². The van der Waals surface area contributed by atoms with Gasteiger partial charge in [-0.1, -0.05) is 17.7 Å². The molecule has 0 aliphatic carbocycles. The molecular formula is C11H16N2O2. The van der Waals surface area contributed by atoms with Gasteiger partial charge in [-0.3, -0.25) is 0 Å². The lowest BCUT2D eigenvalue weighted by Crippen LogP contribution is -2.37. The Kier molecular flexibility index (Phi) is 4.12. The van der Waals surface area contributed by atoms with E-state index in [0.29, 0.717) is 0 Å². The van der Waals surface area contributed by atoms with E-state index in [1.807, 2.05) is 31.2 Å². The van der Waals surface area contributed by atoms with E-state index in [4.69, 9.17) is 5.73 Å². The SMILES string of the molecule is COC(=O)C(CN)Nc1ccc(C)cc1. The molecule has 1 unspecified atom stereocenters. The van der Waals surface area contributed by atoms with Gasteiger partial charge in [-0.2, -0.15) is 0 Å². The Morgan fingerprint density at radius 3 is 2.53 bits per heavy atom. The lowest BCUT2D eigenvalue weighted by molar-refractivity contribution is -0.141. The van der Waals surface area contributed by atoms with Gasteiger partial charge in [0.25, 0.3) is 0 Å². The number of anilines is 1. The molecule has 82 valence electrons.